The van der Waals surface area contributed by atoms with Crippen LogP contribution in [0.2, 0.25) is 5.02 Å². The summed E-state index contributed by atoms with van der Waals surface area (Å²) in [6.45, 7) is 0. The van der Waals surface area contributed by atoms with Gasteiger partial charge in [0.15, 0.2) is 0 Å². The highest BCUT2D eigenvalue weighted by Gasteiger charge is 2.17. The van der Waals surface area contributed by atoms with E-state index in [9.17, 15) is 12.8 Å². The summed E-state index contributed by atoms with van der Waals surface area (Å²) < 4.78 is 40.1. The number of nitrogens with two attached hydrogens (primary N) is 1. The van der Waals surface area contributed by atoms with Crippen molar-refractivity contribution in [1.29, 1.82) is 5.26 Å². The van der Waals surface area contributed by atoms with Gasteiger partial charge in [0.1, 0.15) is 5.82 Å². The predicted molar refractivity (Wildman–Crippen MR) is 77.8 cm³/mol. The first-order valence-electron chi connectivity index (χ1n) is 5.61. The fourth-order valence-corrected chi connectivity index (χ4v) is 2.78. The number of hydrogen-bond donors (Lipinski definition) is 2. The second-order valence-electron chi connectivity index (χ2n) is 4.10. The van der Waals surface area contributed by atoms with Gasteiger partial charge >= 0.3 is 0 Å². The van der Waals surface area contributed by atoms with Crippen LogP contribution in [0.4, 0.5) is 15.8 Å². The molecule has 8 heteroatoms. The second-order valence-corrected chi connectivity index (χ2v) is 6.18. The van der Waals surface area contributed by atoms with Crippen molar-refractivity contribution in [2.75, 3.05) is 10.5 Å². The maximum Gasteiger partial charge on any atom is 0.262 e. The van der Waals surface area contributed by atoms with Gasteiger partial charge in [-0.1, -0.05) is 11.6 Å². The minimum Gasteiger partial charge on any atom is -0.397 e. The molecule has 0 bridgehead atoms. The quantitative estimate of drug-likeness (QED) is 0.848. The van der Waals surface area contributed by atoms with Crippen molar-refractivity contribution in [3.8, 4) is 6.07 Å². The van der Waals surface area contributed by atoms with Crippen LogP contribution in [0.3, 0.4) is 0 Å². The number of anilines is 2. The Morgan fingerprint density at radius 1 is 1.24 bits per heavy atom. The van der Waals surface area contributed by atoms with E-state index in [0.29, 0.717) is 0 Å². The molecule has 3 N–H and O–H groups in total. The van der Waals surface area contributed by atoms with E-state index >= 15 is 0 Å². The average Bonchev–Trinajstić information content (AvgIpc) is 2.43. The molecule has 0 fully saturated rings. The van der Waals surface area contributed by atoms with Gasteiger partial charge in [0.2, 0.25) is 0 Å². The molecule has 0 aromatic heterocycles. The van der Waals surface area contributed by atoms with Gasteiger partial charge in [-0.15, -0.1) is 0 Å². The van der Waals surface area contributed by atoms with Gasteiger partial charge in [-0.25, -0.2) is 12.8 Å². The van der Waals surface area contributed by atoms with Crippen molar-refractivity contribution < 1.29 is 12.8 Å². The van der Waals surface area contributed by atoms with Crippen LogP contribution in [0.1, 0.15) is 5.56 Å². The first-order chi connectivity index (χ1) is 9.83. The van der Waals surface area contributed by atoms with Crippen molar-refractivity contribution in [2.45, 2.75) is 4.90 Å². The molecule has 0 unspecified atom stereocenters. The number of halogens is 2. The van der Waals surface area contributed by atoms with E-state index in [0.717, 1.165) is 6.07 Å². The summed E-state index contributed by atoms with van der Waals surface area (Å²) in [6.07, 6.45) is 0. The van der Waals surface area contributed by atoms with E-state index in [1.165, 1.54) is 30.3 Å². The van der Waals surface area contributed by atoms with Crippen molar-refractivity contribution in [3.05, 3.63) is 52.8 Å². The zero-order valence-electron chi connectivity index (χ0n) is 10.5. The van der Waals surface area contributed by atoms with Crippen LogP contribution in [0.15, 0.2) is 41.3 Å². The third-order valence-electron chi connectivity index (χ3n) is 2.62. The fraction of sp³-hybridized carbons (Fsp3) is 0. The van der Waals surface area contributed by atoms with Gasteiger partial charge in [-0.2, -0.15) is 5.26 Å². The number of benzene rings is 2. The molecule has 0 amide bonds. The summed E-state index contributed by atoms with van der Waals surface area (Å²) >= 11 is 5.72. The smallest absolute Gasteiger partial charge is 0.262 e. The Balaban J connectivity index is 2.37. The van der Waals surface area contributed by atoms with Crippen LogP contribution in [-0.2, 0) is 10.0 Å². The van der Waals surface area contributed by atoms with E-state index in [1.54, 1.807) is 6.07 Å². The molecule has 0 aliphatic carbocycles. The third kappa shape index (κ3) is 3.24. The van der Waals surface area contributed by atoms with Crippen LogP contribution in [0.5, 0.6) is 0 Å². The zero-order chi connectivity index (χ0) is 15.6. The molecular weight excluding hydrogens is 317 g/mol. The summed E-state index contributed by atoms with van der Waals surface area (Å²) in [5.41, 5.74) is 5.47. The lowest BCUT2D eigenvalue weighted by atomic mass is 10.2. The first-order valence-corrected chi connectivity index (χ1v) is 7.47. The van der Waals surface area contributed by atoms with Gasteiger partial charge in [-0.3, -0.25) is 4.72 Å². The molecule has 5 nitrogen and oxygen atoms in total. The number of sulfonamides is 1. The van der Waals surface area contributed by atoms with E-state index in [4.69, 9.17) is 22.6 Å². The summed E-state index contributed by atoms with van der Waals surface area (Å²) in [6, 6.07) is 8.93. The van der Waals surface area contributed by atoms with E-state index in [-0.39, 0.29) is 26.9 Å². The molecule has 0 saturated carbocycles. The van der Waals surface area contributed by atoms with Gasteiger partial charge in [0, 0.05) is 0 Å². The normalized spacial score (nSPS) is 10.9. The molecule has 0 aliphatic rings. The van der Waals surface area contributed by atoms with Gasteiger partial charge < -0.3 is 5.73 Å². The number of nitrogen functional groups attached to an aromatic ring is 1. The lowest BCUT2D eigenvalue weighted by molar-refractivity contribution is 0.598. The molecule has 2 aromatic rings. The summed E-state index contributed by atoms with van der Waals surface area (Å²) in [4.78, 5) is -0.145. The molecule has 0 aliphatic heterocycles. The summed E-state index contributed by atoms with van der Waals surface area (Å²) in [7, 11) is -4.01. The second kappa shape index (κ2) is 5.60. The Bertz CT molecular complexity index is 847. The van der Waals surface area contributed by atoms with Crippen molar-refractivity contribution in [3.63, 3.8) is 0 Å². The standard InChI is InChI=1S/C13H9ClFN3O2S/c14-10-3-2-9(6-12(10)17)21(19,20)18-13-4-1-8(7-16)5-11(13)15/h1-6,18H,17H2. The Morgan fingerprint density at radius 3 is 2.52 bits per heavy atom. The largest absolute Gasteiger partial charge is 0.397 e. The Labute approximate surface area is 125 Å². The maximum atomic E-state index is 13.7. The van der Waals surface area contributed by atoms with E-state index in [1.807, 2.05) is 0 Å². The minimum atomic E-state index is -4.01. The minimum absolute atomic E-state index is 0.0891. The summed E-state index contributed by atoms with van der Waals surface area (Å²) in [5, 5.41) is 8.86. The Morgan fingerprint density at radius 2 is 1.95 bits per heavy atom. The van der Waals surface area contributed by atoms with Crippen LogP contribution in [0, 0.1) is 17.1 Å². The Hall–Kier alpha value is -2.30. The van der Waals surface area contributed by atoms with Crippen molar-refractivity contribution in [2.24, 2.45) is 0 Å². The molecular formula is C13H9ClFN3O2S. The highest BCUT2D eigenvalue weighted by molar-refractivity contribution is 7.92. The van der Waals surface area contributed by atoms with Crippen LogP contribution in [0.25, 0.3) is 0 Å². The molecule has 108 valence electrons. The molecule has 0 radical (unpaired) electrons. The topological polar surface area (TPSA) is 96.0 Å². The van der Waals surface area contributed by atoms with E-state index in [2.05, 4.69) is 4.72 Å². The van der Waals surface area contributed by atoms with Crippen LogP contribution >= 0.6 is 11.6 Å². The third-order valence-corrected chi connectivity index (χ3v) is 4.33. The molecule has 0 heterocycles. The number of rotatable bonds is 3. The molecule has 2 rings (SSSR count). The predicted octanol–water partition coefficient (Wildman–Crippen LogP) is 2.73. The summed E-state index contributed by atoms with van der Waals surface area (Å²) in [5.74, 6) is -0.848. The highest BCUT2D eigenvalue weighted by Crippen LogP contribution is 2.25. The van der Waals surface area contributed by atoms with Crippen LogP contribution in [-0.4, -0.2) is 8.42 Å². The lowest BCUT2D eigenvalue weighted by Gasteiger charge is -2.10. The van der Waals surface area contributed by atoms with Gasteiger partial charge in [0.25, 0.3) is 10.0 Å². The zero-order valence-corrected chi connectivity index (χ0v) is 12.0. The number of nitrogens with zero attached hydrogens (tertiary/aromatic N) is 1. The monoisotopic (exact) mass is 325 g/mol. The maximum absolute atomic E-state index is 13.7. The number of hydrogen-bond acceptors (Lipinski definition) is 4. The average molecular weight is 326 g/mol. The molecule has 0 atom stereocenters. The van der Waals surface area contributed by atoms with Crippen molar-refractivity contribution >= 4 is 33.0 Å². The molecule has 0 spiro atoms. The van der Waals surface area contributed by atoms with Crippen LogP contribution < -0.4 is 10.5 Å². The van der Waals surface area contributed by atoms with Crippen molar-refractivity contribution in [1.82, 2.24) is 0 Å². The SMILES string of the molecule is N#Cc1ccc(NS(=O)(=O)c2ccc(Cl)c(N)c2)c(F)c1. The highest BCUT2D eigenvalue weighted by atomic mass is 35.5. The molecule has 2 aromatic carbocycles. The number of nitrogens with one attached hydrogen (secondary N) is 1. The van der Waals surface area contributed by atoms with Gasteiger partial charge in [-0.05, 0) is 36.4 Å². The van der Waals surface area contributed by atoms with E-state index < -0.39 is 15.8 Å². The first kappa shape index (κ1) is 15.1. The molecule has 0 saturated heterocycles. The fourth-order valence-electron chi connectivity index (χ4n) is 1.56. The lowest BCUT2D eigenvalue weighted by Crippen LogP contribution is -2.14. The Kier molecular flexibility index (Phi) is 4.02. The molecule has 21 heavy (non-hydrogen) atoms. The number of nitriles is 1. The van der Waals surface area contributed by atoms with Gasteiger partial charge in [0.05, 0.1) is 32.9 Å².